The maximum Gasteiger partial charge on any atom is 0.240 e. The van der Waals surface area contributed by atoms with E-state index in [2.05, 4.69) is 0 Å². The summed E-state index contributed by atoms with van der Waals surface area (Å²) in [6.07, 6.45) is 0. The number of nitrogens with zero attached hydrogens (tertiary/aromatic N) is 1. The number of hydrogen-bond acceptors (Lipinski definition) is 4. The molecular formula is C15H24N2O3. The van der Waals surface area contributed by atoms with E-state index in [9.17, 15) is 4.79 Å². The highest BCUT2D eigenvalue weighted by molar-refractivity contribution is 5.82. The molecule has 0 saturated carbocycles. The Kier molecular flexibility index (Phi) is 6.48. The molecule has 0 saturated heterocycles. The molecule has 0 aliphatic rings. The molecule has 3 N–H and O–H groups in total. The predicted molar refractivity (Wildman–Crippen MR) is 78.3 cm³/mol. The molecule has 1 amide bonds. The van der Waals surface area contributed by atoms with Crippen molar-refractivity contribution in [2.45, 2.75) is 26.4 Å². The Morgan fingerprint density at radius 2 is 2.05 bits per heavy atom. The van der Waals surface area contributed by atoms with Gasteiger partial charge < -0.3 is 20.5 Å². The van der Waals surface area contributed by atoms with Crippen molar-refractivity contribution < 1.29 is 14.6 Å². The van der Waals surface area contributed by atoms with Crippen LogP contribution in [0.25, 0.3) is 0 Å². The van der Waals surface area contributed by atoms with Crippen molar-refractivity contribution in [1.82, 2.24) is 4.90 Å². The van der Waals surface area contributed by atoms with Gasteiger partial charge in [-0.25, -0.2) is 0 Å². The molecule has 5 nitrogen and oxygen atoms in total. The molecule has 0 fully saturated rings. The van der Waals surface area contributed by atoms with Crippen molar-refractivity contribution in [2.24, 2.45) is 11.7 Å². The molecule has 0 aromatic heterocycles. The SMILES string of the molecule is COc1ccccc1CN(CCO)C(=O)C(N)C(C)C. The first kappa shape index (κ1) is 16.5. The highest BCUT2D eigenvalue weighted by atomic mass is 16.5. The summed E-state index contributed by atoms with van der Waals surface area (Å²) in [5, 5.41) is 9.14. The number of aliphatic hydroxyl groups is 1. The monoisotopic (exact) mass is 280 g/mol. The Balaban J connectivity index is 2.89. The molecule has 1 aromatic rings. The van der Waals surface area contributed by atoms with Gasteiger partial charge in [0.1, 0.15) is 5.75 Å². The molecule has 0 spiro atoms. The van der Waals surface area contributed by atoms with E-state index in [0.717, 1.165) is 11.3 Å². The predicted octanol–water partition coefficient (Wildman–Crippen LogP) is 0.999. The Bertz CT molecular complexity index is 435. The van der Waals surface area contributed by atoms with Crippen molar-refractivity contribution >= 4 is 5.91 Å². The smallest absolute Gasteiger partial charge is 0.240 e. The van der Waals surface area contributed by atoms with Crippen LogP contribution >= 0.6 is 0 Å². The number of aliphatic hydroxyl groups excluding tert-OH is 1. The van der Waals surface area contributed by atoms with E-state index in [1.54, 1.807) is 12.0 Å². The number of benzene rings is 1. The van der Waals surface area contributed by atoms with Gasteiger partial charge in [0.25, 0.3) is 0 Å². The third-order valence-electron chi connectivity index (χ3n) is 3.24. The zero-order valence-electron chi connectivity index (χ0n) is 12.4. The zero-order valence-corrected chi connectivity index (χ0v) is 12.4. The van der Waals surface area contributed by atoms with E-state index >= 15 is 0 Å². The fourth-order valence-electron chi connectivity index (χ4n) is 1.92. The van der Waals surface area contributed by atoms with Crippen molar-refractivity contribution in [1.29, 1.82) is 0 Å². The minimum atomic E-state index is -0.559. The normalized spacial score (nSPS) is 12.3. The van der Waals surface area contributed by atoms with Crippen LogP contribution in [-0.2, 0) is 11.3 Å². The number of amides is 1. The molecule has 1 unspecified atom stereocenters. The summed E-state index contributed by atoms with van der Waals surface area (Å²) in [4.78, 5) is 13.9. The van der Waals surface area contributed by atoms with Gasteiger partial charge in [-0.3, -0.25) is 4.79 Å². The summed E-state index contributed by atoms with van der Waals surface area (Å²) in [6.45, 7) is 4.36. The number of carbonyl (C=O) groups excluding carboxylic acids is 1. The van der Waals surface area contributed by atoms with Crippen LogP contribution in [0.4, 0.5) is 0 Å². The first-order chi connectivity index (χ1) is 9.51. The zero-order chi connectivity index (χ0) is 15.1. The number of para-hydroxylation sites is 1. The Hall–Kier alpha value is -1.59. The average molecular weight is 280 g/mol. The molecule has 5 heteroatoms. The van der Waals surface area contributed by atoms with E-state index in [1.807, 2.05) is 38.1 Å². The quantitative estimate of drug-likeness (QED) is 0.781. The van der Waals surface area contributed by atoms with E-state index in [1.165, 1.54) is 0 Å². The third-order valence-corrected chi connectivity index (χ3v) is 3.24. The number of rotatable bonds is 7. The van der Waals surface area contributed by atoms with E-state index in [4.69, 9.17) is 15.6 Å². The van der Waals surface area contributed by atoms with Crippen LogP contribution in [0.3, 0.4) is 0 Å². The van der Waals surface area contributed by atoms with Crippen LogP contribution in [0.2, 0.25) is 0 Å². The second kappa shape index (κ2) is 7.87. The summed E-state index contributed by atoms with van der Waals surface area (Å²) < 4.78 is 5.28. The summed E-state index contributed by atoms with van der Waals surface area (Å²) in [5.74, 6) is 0.627. The fraction of sp³-hybridized carbons (Fsp3) is 0.533. The fourth-order valence-corrected chi connectivity index (χ4v) is 1.92. The van der Waals surface area contributed by atoms with Crippen molar-refractivity contribution in [3.8, 4) is 5.75 Å². The van der Waals surface area contributed by atoms with Gasteiger partial charge in [0.15, 0.2) is 0 Å². The lowest BCUT2D eigenvalue weighted by atomic mass is 10.0. The second-order valence-electron chi connectivity index (χ2n) is 5.07. The summed E-state index contributed by atoms with van der Waals surface area (Å²) in [6, 6.07) is 6.95. The van der Waals surface area contributed by atoms with Gasteiger partial charge in [0.05, 0.1) is 19.8 Å². The number of carbonyl (C=O) groups is 1. The molecule has 0 heterocycles. The Morgan fingerprint density at radius 3 is 2.60 bits per heavy atom. The topological polar surface area (TPSA) is 75.8 Å². The highest BCUT2D eigenvalue weighted by Gasteiger charge is 2.24. The van der Waals surface area contributed by atoms with Gasteiger partial charge in [-0.1, -0.05) is 32.0 Å². The minimum absolute atomic E-state index is 0.0568. The van der Waals surface area contributed by atoms with E-state index < -0.39 is 6.04 Å². The molecule has 1 rings (SSSR count). The molecule has 0 bridgehead atoms. The highest BCUT2D eigenvalue weighted by Crippen LogP contribution is 2.19. The lowest BCUT2D eigenvalue weighted by molar-refractivity contribution is -0.134. The molecule has 0 aliphatic carbocycles. The minimum Gasteiger partial charge on any atom is -0.496 e. The maximum absolute atomic E-state index is 12.3. The Morgan fingerprint density at radius 1 is 1.40 bits per heavy atom. The number of ether oxygens (including phenoxy) is 1. The standard InChI is InChI=1S/C15H24N2O3/c1-11(2)14(16)15(19)17(8-9-18)10-12-6-4-5-7-13(12)20-3/h4-7,11,14,18H,8-10,16H2,1-3H3. The number of methoxy groups -OCH3 is 1. The van der Waals surface area contributed by atoms with Gasteiger partial charge >= 0.3 is 0 Å². The second-order valence-corrected chi connectivity index (χ2v) is 5.07. The van der Waals surface area contributed by atoms with Crippen LogP contribution in [0, 0.1) is 5.92 Å². The van der Waals surface area contributed by atoms with Crippen molar-refractivity contribution in [2.75, 3.05) is 20.3 Å². The molecule has 0 aliphatic heterocycles. The molecule has 20 heavy (non-hydrogen) atoms. The third kappa shape index (κ3) is 4.21. The van der Waals surface area contributed by atoms with E-state index in [0.29, 0.717) is 6.54 Å². The van der Waals surface area contributed by atoms with Gasteiger partial charge in [0.2, 0.25) is 5.91 Å². The van der Waals surface area contributed by atoms with Crippen molar-refractivity contribution in [3.05, 3.63) is 29.8 Å². The molecule has 1 aromatic carbocycles. The van der Waals surface area contributed by atoms with Crippen LogP contribution in [-0.4, -0.2) is 42.2 Å². The largest absolute Gasteiger partial charge is 0.496 e. The summed E-state index contributed by atoms with van der Waals surface area (Å²) >= 11 is 0. The Labute approximate surface area is 120 Å². The van der Waals surface area contributed by atoms with Gasteiger partial charge in [-0.2, -0.15) is 0 Å². The maximum atomic E-state index is 12.3. The first-order valence-corrected chi connectivity index (χ1v) is 6.78. The number of nitrogens with two attached hydrogens (primary N) is 1. The van der Waals surface area contributed by atoms with Gasteiger partial charge in [-0.15, -0.1) is 0 Å². The van der Waals surface area contributed by atoms with Crippen LogP contribution in [0.5, 0.6) is 5.75 Å². The lowest BCUT2D eigenvalue weighted by Crippen LogP contribution is -2.47. The van der Waals surface area contributed by atoms with Gasteiger partial charge in [0, 0.05) is 18.7 Å². The number of hydrogen-bond donors (Lipinski definition) is 2. The van der Waals surface area contributed by atoms with Crippen LogP contribution in [0.15, 0.2) is 24.3 Å². The molecular weight excluding hydrogens is 256 g/mol. The average Bonchev–Trinajstić information content (AvgIpc) is 2.45. The summed E-state index contributed by atoms with van der Waals surface area (Å²) in [5.41, 5.74) is 6.81. The van der Waals surface area contributed by atoms with Crippen LogP contribution < -0.4 is 10.5 Å². The van der Waals surface area contributed by atoms with Crippen molar-refractivity contribution in [3.63, 3.8) is 0 Å². The molecule has 1 atom stereocenters. The van der Waals surface area contributed by atoms with E-state index in [-0.39, 0.29) is 25.0 Å². The summed E-state index contributed by atoms with van der Waals surface area (Å²) in [7, 11) is 1.59. The van der Waals surface area contributed by atoms with Crippen LogP contribution in [0.1, 0.15) is 19.4 Å². The van der Waals surface area contributed by atoms with Gasteiger partial charge in [-0.05, 0) is 12.0 Å². The first-order valence-electron chi connectivity index (χ1n) is 6.78. The molecule has 0 radical (unpaired) electrons. The lowest BCUT2D eigenvalue weighted by Gasteiger charge is -2.27. The molecule has 112 valence electrons.